The van der Waals surface area contributed by atoms with Crippen LogP contribution < -0.4 is 0 Å². The SMILES string of the molecule is CC(=O)OC1CC(OC(C)=O)C(O)C1O. The van der Waals surface area contributed by atoms with Crippen molar-refractivity contribution in [3.8, 4) is 0 Å². The zero-order valence-corrected chi connectivity index (χ0v) is 8.54. The van der Waals surface area contributed by atoms with Crippen LogP contribution in [0.15, 0.2) is 0 Å². The Balaban J connectivity index is 2.58. The molecule has 15 heavy (non-hydrogen) atoms. The molecule has 0 bridgehead atoms. The Kier molecular flexibility index (Phi) is 3.65. The number of aliphatic hydroxyl groups excluding tert-OH is 2. The summed E-state index contributed by atoms with van der Waals surface area (Å²) >= 11 is 0. The highest BCUT2D eigenvalue weighted by molar-refractivity contribution is 5.67. The largest absolute Gasteiger partial charge is 0.460 e. The summed E-state index contributed by atoms with van der Waals surface area (Å²) in [4.78, 5) is 21.3. The van der Waals surface area contributed by atoms with Crippen molar-refractivity contribution >= 4 is 11.9 Å². The molecule has 0 amide bonds. The lowest BCUT2D eigenvalue weighted by Gasteiger charge is -2.16. The van der Waals surface area contributed by atoms with E-state index in [1.165, 1.54) is 13.8 Å². The van der Waals surface area contributed by atoms with Gasteiger partial charge in [0.05, 0.1) is 0 Å². The second-order valence-electron chi connectivity index (χ2n) is 3.51. The minimum absolute atomic E-state index is 0.113. The van der Waals surface area contributed by atoms with E-state index < -0.39 is 36.4 Å². The van der Waals surface area contributed by atoms with Crippen LogP contribution in [0.1, 0.15) is 20.3 Å². The maximum absolute atomic E-state index is 10.7. The molecule has 4 atom stereocenters. The van der Waals surface area contributed by atoms with Crippen LogP contribution in [0.2, 0.25) is 0 Å². The molecule has 86 valence electrons. The molecule has 1 fully saturated rings. The number of aliphatic hydroxyl groups is 2. The molecule has 0 aromatic heterocycles. The number of carbonyl (C=O) groups excluding carboxylic acids is 2. The van der Waals surface area contributed by atoms with Gasteiger partial charge < -0.3 is 19.7 Å². The molecule has 2 N–H and O–H groups in total. The van der Waals surface area contributed by atoms with E-state index in [1.807, 2.05) is 0 Å². The minimum Gasteiger partial charge on any atom is -0.460 e. The van der Waals surface area contributed by atoms with Crippen molar-refractivity contribution in [2.45, 2.75) is 44.7 Å². The summed E-state index contributed by atoms with van der Waals surface area (Å²) in [6.45, 7) is 2.41. The third kappa shape index (κ3) is 2.90. The summed E-state index contributed by atoms with van der Waals surface area (Å²) in [5, 5.41) is 18.9. The molecular weight excluding hydrogens is 204 g/mol. The smallest absolute Gasteiger partial charge is 0.302 e. The molecule has 1 saturated carbocycles. The van der Waals surface area contributed by atoms with Crippen LogP contribution in [-0.4, -0.2) is 46.6 Å². The van der Waals surface area contributed by atoms with E-state index >= 15 is 0 Å². The Morgan fingerprint density at radius 1 is 1.00 bits per heavy atom. The Labute approximate surface area is 86.8 Å². The van der Waals surface area contributed by atoms with Crippen molar-refractivity contribution in [3.63, 3.8) is 0 Å². The van der Waals surface area contributed by atoms with Gasteiger partial charge in [-0.05, 0) is 0 Å². The van der Waals surface area contributed by atoms with Crippen molar-refractivity contribution in [2.24, 2.45) is 0 Å². The Bertz CT molecular complexity index is 237. The van der Waals surface area contributed by atoms with Crippen LogP contribution >= 0.6 is 0 Å². The molecule has 4 unspecified atom stereocenters. The highest BCUT2D eigenvalue weighted by Crippen LogP contribution is 2.26. The third-order valence-electron chi connectivity index (χ3n) is 2.21. The summed E-state index contributed by atoms with van der Waals surface area (Å²) in [5.41, 5.74) is 0. The van der Waals surface area contributed by atoms with Gasteiger partial charge in [-0.15, -0.1) is 0 Å². The summed E-state index contributed by atoms with van der Waals surface area (Å²) in [7, 11) is 0. The lowest BCUT2D eigenvalue weighted by Crippen LogP contribution is -2.35. The molecule has 6 nitrogen and oxygen atoms in total. The predicted octanol–water partition coefficient (Wildman–Crippen LogP) is -1.02. The normalized spacial score (nSPS) is 34.9. The molecule has 1 aliphatic carbocycles. The maximum Gasteiger partial charge on any atom is 0.302 e. The average molecular weight is 218 g/mol. The van der Waals surface area contributed by atoms with Crippen LogP contribution in [0.3, 0.4) is 0 Å². The Morgan fingerprint density at radius 3 is 1.60 bits per heavy atom. The number of carbonyl (C=O) groups is 2. The predicted molar refractivity (Wildman–Crippen MR) is 47.7 cm³/mol. The fourth-order valence-corrected chi connectivity index (χ4v) is 1.61. The summed E-state index contributed by atoms with van der Waals surface area (Å²) in [6, 6.07) is 0. The van der Waals surface area contributed by atoms with E-state index in [4.69, 9.17) is 9.47 Å². The molecule has 0 radical (unpaired) electrons. The highest BCUT2D eigenvalue weighted by Gasteiger charge is 2.45. The molecule has 6 heteroatoms. The zero-order valence-electron chi connectivity index (χ0n) is 8.54. The maximum atomic E-state index is 10.7. The van der Waals surface area contributed by atoms with Crippen molar-refractivity contribution in [3.05, 3.63) is 0 Å². The fourth-order valence-electron chi connectivity index (χ4n) is 1.61. The van der Waals surface area contributed by atoms with Gasteiger partial charge in [0.2, 0.25) is 0 Å². The zero-order chi connectivity index (χ0) is 11.6. The minimum atomic E-state index is -1.21. The fraction of sp³-hybridized carbons (Fsp3) is 0.778. The van der Waals surface area contributed by atoms with E-state index in [1.54, 1.807) is 0 Å². The number of hydrogen-bond donors (Lipinski definition) is 2. The van der Waals surface area contributed by atoms with Gasteiger partial charge in [0, 0.05) is 20.3 Å². The quantitative estimate of drug-likeness (QED) is 0.576. The van der Waals surface area contributed by atoms with Gasteiger partial charge in [-0.3, -0.25) is 9.59 Å². The van der Waals surface area contributed by atoms with Crippen LogP contribution in [0.4, 0.5) is 0 Å². The monoisotopic (exact) mass is 218 g/mol. The van der Waals surface area contributed by atoms with Gasteiger partial charge in [0.25, 0.3) is 0 Å². The van der Waals surface area contributed by atoms with E-state index in [0.29, 0.717) is 0 Å². The van der Waals surface area contributed by atoms with Crippen molar-refractivity contribution in [1.82, 2.24) is 0 Å². The third-order valence-corrected chi connectivity index (χ3v) is 2.21. The molecule has 0 aromatic rings. The van der Waals surface area contributed by atoms with Crippen LogP contribution in [0, 0.1) is 0 Å². The number of hydrogen-bond acceptors (Lipinski definition) is 6. The Morgan fingerprint density at radius 2 is 1.33 bits per heavy atom. The molecule has 0 spiro atoms. The molecule has 1 rings (SSSR count). The second kappa shape index (κ2) is 4.59. The number of esters is 2. The standard InChI is InChI=1S/C9H14O6/c1-4(10)14-6-3-7(15-5(2)11)9(13)8(6)12/h6-9,12-13H,3H2,1-2H3. The van der Waals surface area contributed by atoms with Gasteiger partial charge in [0.15, 0.2) is 0 Å². The van der Waals surface area contributed by atoms with Gasteiger partial charge in [0.1, 0.15) is 24.4 Å². The Hall–Kier alpha value is -1.14. The van der Waals surface area contributed by atoms with E-state index in [2.05, 4.69) is 0 Å². The van der Waals surface area contributed by atoms with Crippen molar-refractivity contribution in [2.75, 3.05) is 0 Å². The second-order valence-corrected chi connectivity index (χ2v) is 3.51. The molecular formula is C9H14O6. The number of rotatable bonds is 2. The molecule has 0 aromatic carbocycles. The first-order valence-electron chi connectivity index (χ1n) is 4.62. The summed E-state index contributed by atoms with van der Waals surface area (Å²) in [6.07, 6.45) is -3.94. The van der Waals surface area contributed by atoms with Gasteiger partial charge >= 0.3 is 11.9 Å². The lowest BCUT2D eigenvalue weighted by atomic mass is 10.2. The average Bonchev–Trinajstić information content (AvgIpc) is 2.32. The number of ether oxygens (including phenoxy) is 2. The van der Waals surface area contributed by atoms with E-state index in [9.17, 15) is 19.8 Å². The first-order valence-corrected chi connectivity index (χ1v) is 4.62. The first kappa shape index (κ1) is 11.9. The van der Waals surface area contributed by atoms with Gasteiger partial charge in [-0.2, -0.15) is 0 Å². The van der Waals surface area contributed by atoms with Gasteiger partial charge in [-0.1, -0.05) is 0 Å². The van der Waals surface area contributed by atoms with Crippen molar-refractivity contribution in [1.29, 1.82) is 0 Å². The topological polar surface area (TPSA) is 93.1 Å². The van der Waals surface area contributed by atoms with Crippen LogP contribution in [0.25, 0.3) is 0 Å². The van der Waals surface area contributed by atoms with E-state index in [0.717, 1.165) is 0 Å². The van der Waals surface area contributed by atoms with Gasteiger partial charge in [-0.25, -0.2) is 0 Å². The summed E-state index contributed by atoms with van der Waals surface area (Å²) < 4.78 is 9.53. The van der Waals surface area contributed by atoms with Crippen molar-refractivity contribution < 1.29 is 29.3 Å². The molecule has 0 aliphatic heterocycles. The highest BCUT2D eigenvalue weighted by atomic mass is 16.6. The molecule has 0 heterocycles. The van der Waals surface area contributed by atoms with Crippen LogP contribution in [0.5, 0.6) is 0 Å². The van der Waals surface area contributed by atoms with Crippen LogP contribution in [-0.2, 0) is 19.1 Å². The molecule has 0 saturated heterocycles. The molecule has 1 aliphatic rings. The lowest BCUT2D eigenvalue weighted by molar-refractivity contribution is -0.153. The van der Waals surface area contributed by atoms with E-state index in [-0.39, 0.29) is 6.42 Å². The summed E-state index contributed by atoms with van der Waals surface area (Å²) in [5.74, 6) is -1.09. The first-order chi connectivity index (χ1) is 6.91.